The lowest BCUT2D eigenvalue weighted by atomic mass is 10.2. The van der Waals surface area contributed by atoms with Gasteiger partial charge >= 0.3 is 0 Å². The average molecular weight is 354 g/mol. The molecule has 4 nitrogen and oxygen atoms in total. The summed E-state index contributed by atoms with van der Waals surface area (Å²) in [7, 11) is 0. The standard InChI is InChI=1S/C14H23N3OS.2ClH/c1-3-12-4-5-13(19-12)10-16-6-8-17(9-7-16)14(18)11(2)15;;/h4-5,11H,3,6-10,15H2,1-2H3;2*1H. The lowest BCUT2D eigenvalue weighted by molar-refractivity contribution is -0.134. The minimum absolute atomic E-state index is 0. The first-order valence-corrected chi connectivity index (χ1v) is 7.76. The van der Waals surface area contributed by atoms with Crippen LogP contribution in [0, 0.1) is 0 Å². The van der Waals surface area contributed by atoms with Crippen molar-refractivity contribution in [3.05, 3.63) is 21.9 Å². The highest BCUT2D eigenvalue weighted by Gasteiger charge is 2.23. The second-order valence-corrected chi connectivity index (χ2v) is 6.36. The third-order valence-corrected chi connectivity index (χ3v) is 4.73. The quantitative estimate of drug-likeness (QED) is 0.901. The van der Waals surface area contributed by atoms with E-state index in [2.05, 4.69) is 24.0 Å². The van der Waals surface area contributed by atoms with E-state index in [1.54, 1.807) is 6.92 Å². The number of carbonyl (C=O) groups excluding carboxylic acids is 1. The Bertz CT molecular complexity index is 432. The zero-order chi connectivity index (χ0) is 13.8. The smallest absolute Gasteiger partial charge is 0.239 e. The molecule has 0 radical (unpaired) electrons. The zero-order valence-corrected chi connectivity index (χ0v) is 15.0. The van der Waals surface area contributed by atoms with E-state index >= 15 is 0 Å². The summed E-state index contributed by atoms with van der Waals surface area (Å²) < 4.78 is 0. The molecular formula is C14H25Cl2N3OS. The first-order valence-electron chi connectivity index (χ1n) is 6.94. The van der Waals surface area contributed by atoms with E-state index in [9.17, 15) is 4.79 Å². The number of aryl methyl sites for hydroxylation is 1. The second-order valence-electron chi connectivity index (χ2n) is 5.11. The van der Waals surface area contributed by atoms with Gasteiger partial charge in [-0.05, 0) is 25.5 Å². The van der Waals surface area contributed by atoms with Crippen molar-refractivity contribution in [3.8, 4) is 0 Å². The molecule has 1 aliphatic rings. The van der Waals surface area contributed by atoms with Gasteiger partial charge < -0.3 is 10.6 Å². The van der Waals surface area contributed by atoms with E-state index in [1.165, 1.54) is 9.75 Å². The van der Waals surface area contributed by atoms with Crippen LogP contribution in [0.5, 0.6) is 0 Å². The number of nitrogens with zero attached hydrogens (tertiary/aromatic N) is 2. The van der Waals surface area contributed by atoms with Crippen LogP contribution in [-0.4, -0.2) is 47.9 Å². The Morgan fingerprint density at radius 1 is 1.24 bits per heavy atom. The Morgan fingerprint density at radius 2 is 1.81 bits per heavy atom. The molecule has 1 atom stereocenters. The molecule has 21 heavy (non-hydrogen) atoms. The van der Waals surface area contributed by atoms with Gasteiger partial charge in [0.1, 0.15) is 0 Å². The van der Waals surface area contributed by atoms with Gasteiger partial charge in [-0.2, -0.15) is 0 Å². The van der Waals surface area contributed by atoms with Crippen LogP contribution in [0.25, 0.3) is 0 Å². The number of hydrogen-bond acceptors (Lipinski definition) is 4. The summed E-state index contributed by atoms with van der Waals surface area (Å²) in [5.41, 5.74) is 5.64. The maximum absolute atomic E-state index is 11.8. The fraction of sp³-hybridized carbons (Fsp3) is 0.643. The van der Waals surface area contributed by atoms with E-state index in [0.717, 1.165) is 39.1 Å². The topological polar surface area (TPSA) is 49.6 Å². The second kappa shape index (κ2) is 9.64. The van der Waals surface area contributed by atoms with E-state index < -0.39 is 0 Å². The number of thiophene rings is 1. The number of carbonyl (C=O) groups is 1. The van der Waals surface area contributed by atoms with E-state index in [4.69, 9.17) is 5.73 Å². The van der Waals surface area contributed by atoms with Crippen molar-refractivity contribution in [1.29, 1.82) is 0 Å². The molecule has 2 heterocycles. The van der Waals surface area contributed by atoms with Gasteiger partial charge in [0.05, 0.1) is 6.04 Å². The number of hydrogen-bond donors (Lipinski definition) is 1. The Labute approximate surface area is 143 Å². The summed E-state index contributed by atoms with van der Waals surface area (Å²) >= 11 is 1.90. The number of nitrogens with two attached hydrogens (primary N) is 1. The van der Waals surface area contributed by atoms with Crippen LogP contribution in [0.1, 0.15) is 23.6 Å². The van der Waals surface area contributed by atoms with Crippen molar-refractivity contribution in [3.63, 3.8) is 0 Å². The molecule has 1 aliphatic heterocycles. The number of amides is 1. The number of piperazine rings is 1. The molecule has 0 bridgehead atoms. The highest BCUT2D eigenvalue weighted by Crippen LogP contribution is 2.19. The fourth-order valence-corrected chi connectivity index (χ4v) is 3.33. The van der Waals surface area contributed by atoms with Gasteiger partial charge in [-0.3, -0.25) is 9.69 Å². The highest BCUT2D eigenvalue weighted by molar-refractivity contribution is 7.11. The minimum Gasteiger partial charge on any atom is -0.339 e. The number of rotatable bonds is 4. The monoisotopic (exact) mass is 353 g/mol. The first-order chi connectivity index (χ1) is 9.10. The molecule has 0 aromatic carbocycles. The zero-order valence-electron chi connectivity index (χ0n) is 12.6. The molecule has 0 aliphatic carbocycles. The van der Waals surface area contributed by atoms with Crippen molar-refractivity contribution in [2.45, 2.75) is 32.9 Å². The van der Waals surface area contributed by atoms with Crippen molar-refractivity contribution in [2.24, 2.45) is 5.73 Å². The molecule has 2 rings (SSSR count). The molecule has 122 valence electrons. The molecule has 7 heteroatoms. The Kier molecular flexibility index (Phi) is 9.49. The molecule has 1 fully saturated rings. The first kappa shape index (κ1) is 20.7. The molecule has 1 aromatic heterocycles. The van der Waals surface area contributed by atoms with Gasteiger partial charge in [0, 0.05) is 42.5 Å². The molecule has 0 spiro atoms. The predicted octanol–water partition coefficient (Wildman–Crippen LogP) is 2.15. The van der Waals surface area contributed by atoms with Crippen LogP contribution in [0.2, 0.25) is 0 Å². The predicted molar refractivity (Wildman–Crippen MR) is 93.7 cm³/mol. The van der Waals surface area contributed by atoms with Crippen molar-refractivity contribution >= 4 is 42.1 Å². The molecule has 1 unspecified atom stereocenters. The lowest BCUT2D eigenvalue weighted by Gasteiger charge is -2.35. The van der Waals surface area contributed by atoms with E-state index in [-0.39, 0.29) is 36.8 Å². The Balaban J connectivity index is 0.00000200. The molecule has 1 saturated heterocycles. The lowest BCUT2D eigenvalue weighted by Crippen LogP contribution is -2.52. The van der Waals surface area contributed by atoms with Gasteiger partial charge in [0.2, 0.25) is 5.91 Å². The summed E-state index contributed by atoms with van der Waals surface area (Å²) in [6, 6.07) is 4.06. The molecular weight excluding hydrogens is 329 g/mol. The fourth-order valence-electron chi connectivity index (χ4n) is 2.33. The third kappa shape index (κ3) is 5.75. The molecule has 2 N–H and O–H groups in total. The van der Waals surface area contributed by atoms with Crippen molar-refractivity contribution in [2.75, 3.05) is 26.2 Å². The maximum atomic E-state index is 11.8. The van der Waals surface area contributed by atoms with E-state index in [1.807, 2.05) is 16.2 Å². The highest BCUT2D eigenvalue weighted by atomic mass is 35.5. The minimum atomic E-state index is -0.379. The molecule has 1 amide bonds. The Morgan fingerprint density at radius 3 is 2.29 bits per heavy atom. The summed E-state index contributed by atoms with van der Waals surface area (Å²) in [4.78, 5) is 18.9. The maximum Gasteiger partial charge on any atom is 0.239 e. The van der Waals surface area contributed by atoms with Crippen LogP contribution in [0.3, 0.4) is 0 Å². The average Bonchev–Trinajstić information content (AvgIpc) is 2.86. The van der Waals surface area contributed by atoms with Crippen LogP contribution >= 0.6 is 36.2 Å². The van der Waals surface area contributed by atoms with Crippen LogP contribution in [0.4, 0.5) is 0 Å². The summed E-state index contributed by atoms with van der Waals surface area (Å²) in [5, 5.41) is 0. The summed E-state index contributed by atoms with van der Waals surface area (Å²) in [6.07, 6.45) is 1.11. The van der Waals surface area contributed by atoms with Gasteiger partial charge in [-0.1, -0.05) is 6.92 Å². The van der Waals surface area contributed by atoms with Gasteiger partial charge in [-0.25, -0.2) is 0 Å². The van der Waals surface area contributed by atoms with Crippen molar-refractivity contribution in [1.82, 2.24) is 9.80 Å². The molecule has 1 aromatic rings. The van der Waals surface area contributed by atoms with Gasteiger partial charge in [-0.15, -0.1) is 36.2 Å². The van der Waals surface area contributed by atoms with Gasteiger partial charge in [0.15, 0.2) is 0 Å². The third-order valence-electron chi connectivity index (χ3n) is 3.52. The van der Waals surface area contributed by atoms with Gasteiger partial charge in [0.25, 0.3) is 0 Å². The SMILES string of the molecule is CCc1ccc(CN2CCN(C(=O)C(C)N)CC2)s1.Cl.Cl. The van der Waals surface area contributed by atoms with E-state index in [0.29, 0.717) is 0 Å². The largest absolute Gasteiger partial charge is 0.339 e. The summed E-state index contributed by atoms with van der Waals surface area (Å²) in [5.74, 6) is 0.0732. The van der Waals surface area contributed by atoms with Crippen LogP contribution in [-0.2, 0) is 17.8 Å². The summed E-state index contributed by atoms with van der Waals surface area (Å²) in [6.45, 7) is 8.43. The van der Waals surface area contributed by atoms with Crippen molar-refractivity contribution < 1.29 is 4.79 Å². The van der Waals surface area contributed by atoms with Crippen LogP contribution in [0.15, 0.2) is 12.1 Å². The normalized spacial score (nSPS) is 16.8. The number of halogens is 2. The van der Waals surface area contributed by atoms with Crippen LogP contribution < -0.4 is 5.73 Å². The molecule has 0 saturated carbocycles. The Hall–Kier alpha value is -0.330.